The zero-order valence-corrected chi connectivity index (χ0v) is 14.3. The van der Waals surface area contributed by atoms with Crippen molar-refractivity contribution in [2.45, 2.75) is 58.3 Å². The average molecular weight is 310 g/mol. The second-order valence-corrected chi connectivity index (χ2v) is 7.29. The van der Waals surface area contributed by atoms with Crippen molar-refractivity contribution in [2.75, 3.05) is 0 Å². The molecular weight excluding hydrogens is 283 g/mol. The predicted molar refractivity (Wildman–Crippen MR) is 95.4 cm³/mol. The third-order valence-electron chi connectivity index (χ3n) is 5.37. The molecule has 1 fully saturated rings. The molecule has 2 aromatic carbocycles. The lowest BCUT2D eigenvalue weighted by Gasteiger charge is -2.26. The van der Waals surface area contributed by atoms with Crippen molar-refractivity contribution in [2.24, 2.45) is 5.92 Å². The smallest absolute Gasteiger partial charge is 0.126 e. The number of hydrogen-bond acceptors (Lipinski definition) is 0. The molecule has 0 radical (unpaired) electrons. The Balaban J connectivity index is 1.63. The highest BCUT2D eigenvalue weighted by molar-refractivity contribution is 5.29. The molecule has 0 heterocycles. The molecule has 0 N–H and O–H groups in total. The van der Waals surface area contributed by atoms with E-state index in [4.69, 9.17) is 0 Å². The van der Waals surface area contributed by atoms with Crippen LogP contribution in [0.4, 0.5) is 4.39 Å². The molecule has 0 amide bonds. The minimum absolute atomic E-state index is 0.0202. The molecule has 122 valence electrons. The Morgan fingerprint density at radius 1 is 0.913 bits per heavy atom. The van der Waals surface area contributed by atoms with E-state index in [9.17, 15) is 4.39 Å². The Bertz CT molecular complexity index is 634. The molecule has 3 rings (SSSR count). The van der Waals surface area contributed by atoms with E-state index in [2.05, 4.69) is 44.2 Å². The summed E-state index contributed by atoms with van der Waals surface area (Å²) in [7, 11) is 0. The van der Waals surface area contributed by atoms with Crippen LogP contribution in [0.3, 0.4) is 0 Å². The summed E-state index contributed by atoms with van der Waals surface area (Å²) in [5.41, 5.74) is 4.60. The molecule has 0 spiro atoms. The minimum Gasteiger partial charge on any atom is -0.207 e. The molecule has 0 aromatic heterocycles. The van der Waals surface area contributed by atoms with E-state index >= 15 is 0 Å². The maximum Gasteiger partial charge on any atom is 0.126 e. The highest BCUT2D eigenvalue weighted by atomic mass is 19.1. The molecule has 1 aliphatic rings. The van der Waals surface area contributed by atoms with Crippen molar-refractivity contribution < 1.29 is 4.39 Å². The van der Waals surface area contributed by atoms with Crippen LogP contribution in [0.5, 0.6) is 0 Å². The Morgan fingerprint density at radius 2 is 1.61 bits per heavy atom. The molecule has 1 heteroatoms. The highest BCUT2D eigenvalue weighted by Crippen LogP contribution is 2.36. The summed E-state index contributed by atoms with van der Waals surface area (Å²) in [5, 5.41) is 0. The quantitative estimate of drug-likeness (QED) is 0.629. The van der Waals surface area contributed by atoms with Gasteiger partial charge < -0.3 is 0 Å². The number of halogens is 1. The fourth-order valence-electron chi connectivity index (χ4n) is 3.65. The first-order chi connectivity index (χ1) is 11.1. The van der Waals surface area contributed by atoms with Gasteiger partial charge in [-0.15, -0.1) is 0 Å². The van der Waals surface area contributed by atoms with Crippen LogP contribution < -0.4 is 0 Å². The topological polar surface area (TPSA) is 0 Å². The molecular formula is C22H27F. The summed E-state index contributed by atoms with van der Waals surface area (Å²) in [4.78, 5) is 0. The third kappa shape index (κ3) is 4.22. The first kappa shape index (κ1) is 16.2. The first-order valence-corrected chi connectivity index (χ1v) is 8.95. The van der Waals surface area contributed by atoms with Gasteiger partial charge in [-0.1, -0.05) is 61.7 Å². The lowest BCUT2D eigenvalue weighted by atomic mass is 9.79. The monoisotopic (exact) mass is 310 g/mol. The Kier molecular flexibility index (Phi) is 5.15. The lowest BCUT2D eigenvalue weighted by molar-refractivity contribution is 0.347. The molecule has 0 bridgehead atoms. The van der Waals surface area contributed by atoms with Crippen LogP contribution in [0.2, 0.25) is 0 Å². The van der Waals surface area contributed by atoms with Gasteiger partial charge in [0.15, 0.2) is 0 Å². The van der Waals surface area contributed by atoms with Crippen LogP contribution in [-0.4, -0.2) is 0 Å². The van der Waals surface area contributed by atoms with Gasteiger partial charge in [0, 0.05) is 0 Å². The third-order valence-corrected chi connectivity index (χ3v) is 5.37. The summed E-state index contributed by atoms with van der Waals surface area (Å²) < 4.78 is 14.4. The average Bonchev–Trinajstić information content (AvgIpc) is 2.56. The van der Waals surface area contributed by atoms with Gasteiger partial charge in [-0.05, 0) is 67.2 Å². The summed E-state index contributed by atoms with van der Waals surface area (Å²) in [5.74, 6) is 1.38. The molecule has 0 atom stereocenters. The minimum atomic E-state index is -0.0202. The van der Waals surface area contributed by atoms with Crippen molar-refractivity contribution in [1.82, 2.24) is 0 Å². The lowest BCUT2D eigenvalue weighted by Crippen LogP contribution is -2.11. The van der Waals surface area contributed by atoms with Crippen LogP contribution >= 0.6 is 0 Å². The van der Waals surface area contributed by atoms with Crippen LogP contribution in [0.15, 0.2) is 42.5 Å². The van der Waals surface area contributed by atoms with E-state index in [1.54, 1.807) is 6.07 Å². The van der Waals surface area contributed by atoms with E-state index in [-0.39, 0.29) is 5.82 Å². The Morgan fingerprint density at radius 3 is 2.26 bits per heavy atom. The van der Waals surface area contributed by atoms with E-state index in [0.717, 1.165) is 24.3 Å². The van der Waals surface area contributed by atoms with Gasteiger partial charge in [0.1, 0.15) is 5.82 Å². The van der Waals surface area contributed by atoms with Gasteiger partial charge in [-0.25, -0.2) is 4.39 Å². The van der Waals surface area contributed by atoms with Gasteiger partial charge in [0.25, 0.3) is 0 Å². The standard InChI is InChI=1S/C22H27F/c1-16-3-7-18(8-4-16)9-12-20-13-14-21(15-22(20)23)19-10-5-17(2)6-11-19/h3-4,7-8,13-15,17,19H,5-6,9-12H2,1-2H3. The van der Waals surface area contributed by atoms with Crippen molar-refractivity contribution in [3.05, 3.63) is 70.5 Å². The zero-order chi connectivity index (χ0) is 16.2. The molecule has 0 unspecified atom stereocenters. The van der Waals surface area contributed by atoms with Gasteiger partial charge in [-0.3, -0.25) is 0 Å². The number of hydrogen-bond donors (Lipinski definition) is 0. The van der Waals surface area contributed by atoms with Crippen LogP contribution in [0, 0.1) is 18.7 Å². The molecule has 1 aliphatic carbocycles. The predicted octanol–water partition coefficient (Wildman–Crippen LogP) is 6.21. The first-order valence-electron chi connectivity index (χ1n) is 8.95. The van der Waals surface area contributed by atoms with Crippen molar-refractivity contribution in [3.8, 4) is 0 Å². The van der Waals surface area contributed by atoms with Crippen LogP contribution in [0.1, 0.15) is 60.8 Å². The summed E-state index contributed by atoms with van der Waals surface area (Å²) >= 11 is 0. The zero-order valence-electron chi connectivity index (χ0n) is 14.3. The number of rotatable bonds is 4. The summed E-state index contributed by atoms with van der Waals surface area (Å²) in [6.07, 6.45) is 6.66. The van der Waals surface area contributed by atoms with Gasteiger partial charge >= 0.3 is 0 Å². The summed E-state index contributed by atoms with van der Waals surface area (Å²) in [6.45, 7) is 4.42. The van der Waals surface area contributed by atoms with Crippen molar-refractivity contribution in [3.63, 3.8) is 0 Å². The summed E-state index contributed by atoms with van der Waals surface area (Å²) in [6, 6.07) is 14.5. The maximum absolute atomic E-state index is 14.4. The van der Waals surface area contributed by atoms with Gasteiger partial charge in [0.05, 0.1) is 0 Å². The Hall–Kier alpha value is -1.63. The van der Waals surface area contributed by atoms with Crippen molar-refractivity contribution >= 4 is 0 Å². The van der Waals surface area contributed by atoms with Crippen LogP contribution in [0.25, 0.3) is 0 Å². The second kappa shape index (κ2) is 7.29. The molecule has 0 aliphatic heterocycles. The fourth-order valence-corrected chi connectivity index (χ4v) is 3.65. The molecule has 1 saturated carbocycles. The van der Waals surface area contributed by atoms with E-state index in [1.807, 2.05) is 6.07 Å². The van der Waals surface area contributed by atoms with E-state index in [0.29, 0.717) is 5.92 Å². The molecule has 23 heavy (non-hydrogen) atoms. The maximum atomic E-state index is 14.4. The molecule has 0 saturated heterocycles. The largest absolute Gasteiger partial charge is 0.207 e. The van der Waals surface area contributed by atoms with Crippen LogP contribution in [-0.2, 0) is 12.8 Å². The number of aryl methyl sites for hydroxylation is 3. The second-order valence-electron chi connectivity index (χ2n) is 7.29. The van der Waals surface area contributed by atoms with Crippen molar-refractivity contribution in [1.29, 1.82) is 0 Å². The van der Waals surface area contributed by atoms with Gasteiger partial charge in [-0.2, -0.15) is 0 Å². The Labute approximate surface area is 139 Å². The van der Waals surface area contributed by atoms with Gasteiger partial charge in [0.2, 0.25) is 0 Å². The number of benzene rings is 2. The highest BCUT2D eigenvalue weighted by Gasteiger charge is 2.20. The van der Waals surface area contributed by atoms with E-state index in [1.165, 1.54) is 42.4 Å². The van der Waals surface area contributed by atoms with E-state index < -0.39 is 0 Å². The SMILES string of the molecule is Cc1ccc(CCc2ccc(C3CCC(C)CC3)cc2F)cc1. The fraction of sp³-hybridized carbons (Fsp3) is 0.455. The normalized spacial score (nSPS) is 21.3. The molecule has 2 aromatic rings. The molecule has 0 nitrogen and oxygen atoms in total.